The lowest BCUT2D eigenvalue weighted by Gasteiger charge is -2.35. The number of phenols is 2. The highest BCUT2D eigenvalue weighted by molar-refractivity contribution is 6.37. The van der Waals surface area contributed by atoms with Crippen molar-refractivity contribution >= 4 is 46.4 Å². The van der Waals surface area contributed by atoms with Crippen LogP contribution in [0.15, 0.2) is 24.3 Å². The van der Waals surface area contributed by atoms with Crippen LogP contribution in [0.1, 0.15) is 11.1 Å². The Morgan fingerprint density at radius 3 is 1.07 bits per heavy atom. The summed E-state index contributed by atoms with van der Waals surface area (Å²) in [6.45, 7) is 0. The molecule has 0 aliphatic carbocycles. The maximum atomic E-state index is 15.6. The normalized spacial score (nSPS) is 13.1. The average molecular weight is 474 g/mol. The monoisotopic (exact) mass is 472 g/mol. The van der Waals surface area contributed by atoms with Gasteiger partial charge in [0.1, 0.15) is 0 Å². The van der Waals surface area contributed by atoms with E-state index in [1.165, 1.54) is 0 Å². The molecular weight excluding hydrogens is 468 g/mol. The molecule has 2 nitrogen and oxygen atoms in total. The molecule has 0 bridgehead atoms. The van der Waals surface area contributed by atoms with E-state index in [2.05, 4.69) is 0 Å². The summed E-state index contributed by atoms with van der Waals surface area (Å²) in [5.74, 6) is -7.70. The third kappa shape index (κ3) is 3.48. The summed E-state index contributed by atoms with van der Waals surface area (Å²) < 4.78 is 83.3. The molecule has 0 atom stereocenters. The molecule has 0 fully saturated rings. The molecular formula is C15H6Cl4F6O2. The summed E-state index contributed by atoms with van der Waals surface area (Å²) in [5.41, 5.74) is -7.25. The summed E-state index contributed by atoms with van der Waals surface area (Å²) in [7, 11) is 0. The van der Waals surface area contributed by atoms with E-state index < -0.39 is 60.5 Å². The van der Waals surface area contributed by atoms with Crippen molar-refractivity contribution in [2.75, 3.05) is 0 Å². The number of benzene rings is 2. The molecule has 0 aliphatic heterocycles. The molecule has 0 radical (unpaired) electrons. The maximum absolute atomic E-state index is 15.6. The molecule has 2 rings (SSSR count). The predicted molar refractivity (Wildman–Crippen MR) is 89.1 cm³/mol. The van der Waals surface area contributed by atoms with Gasteiger partial charge in [0.15, 0.2) is 11.5 Å². The van der Waals surface area contributed by atoms with Crippen LogP contribution in [0.3, 0.4) is 0 Å². The number of halogens is 10. The van der Waals surface area contributed by atoms with Crippen molar-refractivity contribution in [2.45, 2.75) is 17.8 Å². The molecule has 2 aromatic carbocycles. The van der Waals surface area contributed by atoms with Crippen LogP contribution in [0.25, 0.3) is 0 Å². The van der Waals surface area contributed by atoms with Gasteiger partial charge in [-0.1, -0.05) is 46.4 Å². The molecule has 0 spiro atoms. The van der Waals surface area contributed by atoms with Crippen molar-refractivity contribution in [1.29, 1.82) is 0 Å². The van der Waals surface area contributed by atoms with Crippen molar-refractivity contribution in [3.8, 4) is 11.5 Å². The van der Waals surface area contributed by atoms with Crippen LogP contribution >= 0.6 is 46.4 Å². The second-order valence-corrected chi connectivity index (χ2v) is 6.94. The van der Waals surface area contributed by atoms with Gasteiger partial charge in [0.05, 0.1) is 20.1 Å². The largest absolute Gasteiger partial charge is 0.505 e. The van der Waals surface area contributed by atoms with Gasteiger partial charge in [-0.3, -0.25) is 0 Å². The topological polar surface area (TPSA) is 40.5 Å². The van der Waals surface area contributed by atoms with E-state index in [-0.39, 0.29) is 0 Å². The standard InChI is InChI=1S/C15H6Cl4F6O2/c16-7-1-5(2-8(17)11(7)26)13(20,14(21,22)15(23,24)25)6-3-9(18)12(27)10(19)4-6/h1-4,26-27H. The Morgan fingerprint density at radius 1 is 0.593 bits per heavy atom. The van der Waals surface area contributed by atoms with Gasteiger partial charge in [-0.25, -0.2) is 4.39 Å². The minimum atomic E-state index is -6.35. The van der Waals surface area contributed by atoms with Crippen molar-refractivity contribution in [1.82, 2.24) is 0 Å². The van der Waals surface area contributed by atoms with Gasteiger partial charge < -0.3 is 10.2 Å². The molecule has 2 aromatic rings. The van der Waals surface area contributed by atoms with Crippen LogP contribution in [0.4, 0.5) is 26.3 Å². The van der Waals surface area contributed by atoms with Gasteiger partial charge in [-0.2, -0.15) is 22.0 Å². The Balaban J connectivity index is 2.94. The first-order valence-corrected chi connectivity index (χ1v) is 8.16. The molecule has 0 saturated heterocycles. The van der Waals surface area contributed by atoms with E-state index in [4.69, 9.17) is 46.4 Å². The molecule has 0 aliphatic rings. The fraction of sp³-hybridized carbons (Fsp3) is 0.200. The lowest BCUT2D eigenvalue weighted by Crippen LogP contribution is -2.53. The summed E-state index contributed by atoms with van der Waals surface area (Å²) in [5, 5.41) is 15.9. The second-order valence-electron chi connectivity index (χ2n) is 5.31. The Kier molecular flexibility index (Phi) is 5.71. The van der Waals surface area contributed by atoms with Crippen molar-refractivity contribution in [2.24, 2.45) is 0 Å². The van der Waals surface area contributed by atoms with E-state index in [1.807, 2.05) is 0 Å². The van der Waals surface area contributed by atoms with Crippen LogP contribution in [0, 0.1) is 0 Å². The minimum Gasteiger partial charge on any atom is -0.505 e. The summed E-state index contributed by atoms with van der Waals surface area (Å²) in [4.78, 5) is 0. The van der Waals surface area contributed by atoms with E-state index in [0.29, 0.717) is 24.3 Å². The summed E-state index contributed by atoms with van der Waals surface area (Å²) in [6, 6.07) is 1.43. The lowest BCUT2D eigenvalue weighted by atomic mass is 9.82. The highest BCUT2D eigenvalue weighted by Gasteiger charge is 2.72. The highest BCUT2D eigenvalue weighted by atomic mass is 35.5. The van der Waals surface area contributed by atoms with Gasteiger partial charge in [-0.15, -0.1) is 0 Å². The number of rotatable bonds is 3. The van der Waals surface area contributed by atoms with Crippen LogP contribution < -0.4 is 0 Å². The van der Waals surface area contributed by atoms with Gasteiger partial charge in [0.25, 0.3) is 0 Å². The quantitative estimate of drug-likeness (QED) is 0.466. The Labute approximate surface area is 167 Å². The first kappa shape index (κ1) is 22.1. The van der Waals surface area contributed by atoms with E-state index in [1.54, 1.807) is 0 Å². The summed E-state index contributed by atoms with van der Waals surface area (Å²) >= 11 is 22.2. The Hall–Kier alpha value is -1.22. The zero-order chi connectivity index (χ0) is 20.9. The first-order valence-electron chi connectivity index (χ1n) is 6.65. The fourth-order valence-corrected chi connectivity index (χ4v) is 3.23. The van der Waals surface area contributed by atoms with Crippen LogP contribution in [0.5, 0.6) is 11.5 Å². The molecule has 0 unspecified atom stereocenters. The molecule has 0 heterocycles. The minimum absolute atomic E-state index is 0.358. The molecule has 2 N–H and O–H groups in total. The fourth-order valence-electron chi connectivity index (χ4n) is 2.25. The molecule has 0 saturated carbocycles. The Bertz CT molecular complexity index is 797. The van der Waals surface area contributed by atoms with Crippen molar-refractivity contribution < 1.29 is 36.6 Å². The average Bonchev–Trinajstić information content (AvgIpc) is 2.54. The number of aromatic hydroxyl groups is 2. The van der Waals surface area contributed by atoms with Gasteiger partial charge in [-0.05, 0) is 24.3 Å². The first-order chi connectivity index (χ1) is 12.1. The Morgan fingerprint density at radius 2 is 0.852 bits per heavy atom. The lowest BCUT2D eigenvalue weighted by molar-refractivity contribution is -0.323. The highest BCUT2D eigenvalue weighted by Crippen LogP contribution is 2.56. The SMILES string of the molecule is Oc1c(Cl)cc(C(F)(c2cc(Cl)c(O)c(Cl)c2)C(F)(F)C(F)(F)F)cc1Cl. The van der Waals surface area contributed by atoms with Gasteiger partial charge in [0.2, 0.25) is 5.67 Å². The molecule has 27 heavy (non-hydrogen) atoms. The molecule has 148 valence electrons. The molecule has 0 amide bonds. The van der Waals surface area contributed by atoms with Crippen molar-refractivity contribution in [3.63, 3.8) is 0 Å². The van der Waals surface area contributed by atoms with Gasteiger partial charge in [0, 0.05) is 11.1 Å². The third-order valence-electron chi connectivity index (χ3n) is 3.62. The molecule has 0 aromatic heterocycles. The second kappa shape index (κ2) is 6.99. The zero-order valence-electron chi connectivity index (χ0n) is 12.5. The van der Waals surface area contributed by atoms with Gasteiger partial charge >= 0.3 is 12.1 Å². The van der Waals surface area contributed by atoms with Crippen LogP contribution in [-0.2, 0) is 5.67 Å². The number of hydrogen-bond donors (Lipinski definition) is 2. The molecule has 12 heteroatoms. The maximum Gasteiger partial charge on any atom is 0.457 e. The van der Waals surface area contributed by atoms with E-state index in [0.717, 1.165) is 0 Å². The van der Waals surface area contributed by atoms with Crippen LogP contribution in [-0.4, -0.2) is 22.3 Å². The number of alkyl halides is 6. The third-order valence-corrected chi connectivity index (χ3v) is 4.77. The smallest absolute Gasteiger partial charge is 0.457 e. The van der Waals surface area contributed by atoms with E-state index >= 15 is 4.39 Å². The van der Waals surface area contributed by atoms with Crippen LogP contribution in [0.2, 0.25) is 20.1 Å². The number of hydrogen-bond acceptors (Lipinski definition) is 2. The predicted octanol–water partition coefficient (Wildman–Crippen LogP) is 7.12. The van der Waals surface area contributed by atoms with E-state index in [9.17, 15) is 32.2 Å². The summed E-state index contributed by atoms with van der Waals surface area (Å²) in [6.07, 6.45) is -6.35. The van der Waals surface area contributed by atoms with Crippen molar-refractivity contribution in [3.05, 3.63) is 55.5 Å². The number of phenolic OH excluding ortho intramolecular Hbond substituents is 2. The zero-order valence-corrected chi connectivity index (χ0v) is 15.5.